The number of hydrogen-bond donors (Lipinski definition) is 1. The smallest absolute Gasteiger partial charge is 0.156 e. The van der Waals surface area contributed by atoms with E-state index >= 15 is 0 Å². The average molecular weight is 281 g/mol. The van der Waals surface area contributed by atoms with Gasteiger partial charge < -0.3 is 10.5 Å². The van der Waals surface area contributed by atoms with E-state index in [0.29, 0.717) is 23.9 Å². The molecule has 3 aromatic rings. The van der Waals surface area contributed by atoms with Gasteiger partial charge in [0.25, 0.3) is 0 Å². The maximum atomic E-state index is 6.19. The van der Waals surface area contributed by atoms with Crippen LogP contribution in [0.25, 0.3) is 16.9 Å². The van der Waals surface area contributed by atoms with Gasteiger partial charge in [-0.05, 0) is 31.2 Å². The topological polar surface area (TPSA) is 78.8 Å². The molecule has 2 aromatic heterocycles. The molecule has 0 atom stereocenters. The van der Waals surface area contributed by atoms with Gasteiger partial charge in [-0.15, -0.1) is 5.10 Å². The molecule has 21 heavy (non-hydrogen) atoms. The van der Waals surface area contributed by atoms with E-state index in [1.54, 1.807) is 17.1 Å². The average Bonchev–Trinajstić information content (AvgIpc) is 2.91. The second kappa shape index (κ2) is 5.62. The first kappa shape index (κ1) is 13.1. The minimum absolute atomic E-state index is 0.454. The van der Waals surface area contributed by atoms with Crippen molar-refractivity contribution in [2.24, 2.45) is 0 Å². The van der Waals surface area contributed by atoms with Crippen molar-refractivity contribution in [3.63, 3.8) is 0 Å². The first-order valence-corrected chi connectivity index (χ1v) is 6.65. The van der Waals surface area contributed by atoms with Gasteiger partial charge in [-0.1, -0.05) is 17.3 Å². The van der Waals surface area contributed by atoms with Crippen LogP contribution in [-0.2, 0) is 0 Å². The summed E-state index contributed by atoms with van der Waals surface area (Å²) in [6.07, 6.45) is 3.41. The molecule has 106 valence electrons. The molecule has 0 radical (unpaired) electrons. The quantitative estimate of drug-likeness (QED) is 0.794. The summed E-state index contributed by atoms with van der Waals surface area (Å²) in [5.74, 6) is 1.17. The first-order valence-electron chi connectivity index (χ1n) is 6.65. The fourth-order valence-corrected chi connectivity index (χ4v) is 2.09. The van der Waals surface area contributed by atoms with Gasteiger partial charge in [0, 0.05) is 18.0 Å². The molecule has 0 saturated heterocycles. The molecule has 0 amide bonds. The molecule has 2 N–H and O–H groups in total. The van der Waals surface area contributed by atoms with E-state index in [1.165, 1.54) is 0 Å². The highest BCUT2D eigenvalue weighted by atomic mass is 16.5. The Labute approximate surface area is 122 Å². The lowest BCUT2D eigenvalue weighted by atomic mass is 10.2. The summed E-state index contributed by atoms with van der Waals surface area (Å²) in [6.45, 7) is 2.50. The van der Waals surface area contributed by atoms with Gasteiger partial charge in [-0.25, -0.2) is 0 Å². The first-order chi connectivity index (χ1) is 10.3. The Morgan fingerprint density at radius 1 is 1.19 bits per heavy atom. The van der Waals surface area contributed by atoms with Crippen molar-refractivity contribution in [1.29, 1.82) is 0 Å². The van der Waals surface area contributed by atoms with Crippen LogP contribution in [0.1, 0.15) is 6.92 Å². The predicted octanol–water partition coefficient (Wildman–Crippen LogP) is 2.31. The Bertz CT molecular complexity index is 739. The molecule has 2 heterocycles. The molecule has 3 rings (SSSR count). The molecule has 6 heteroatoms. The molecule has 0 saturated carbocycles. The fraction of sp³-hybridized carbons (Fsp3) is 0.133. The molecule has 0 spiro atoms. The molecular formula is C15H15N5O. The molecule has 0 unspecified atom stereocenters. The maximum Gasteiger partial charge on any atom is 0.156 e. The van der Waals surface area contributed by atoms with Crippen LogP contribution in [0.15, 0.2) is 48.8 Å². The van der Waals surface area contributed by atoms with Crippen LogP contribution in [0.5, 0.6) is 5.75 Å². The second-order valence-electron chi connectivity index (χ2n) is 4.38. The van der Waals surface area contributed by atoms with Crippen molar-refractivity contribution in [1.82, 2.24) is 20.0 Å². The molecule has 0 bridgehead atoms. The van der Waals surface area contributed by atoms with E-state index in [4.69, 9.17) is 10.5 Å². The number of hydrogen-bond acceptors (Lipinski definition) is 5. The van der Waals surface area contributed by atoms with Crippen molar-refractivity contribution in [2.45, 2.75) is 6.92 Å². The monoisotopic (exact) mass is 281 g/mol. The third-order valence-electron chi connectivity index (χ3n) is 3.03. The summed E-state index contributed by atoms with van der Waals surface area (Å²) in [5, 5.41) is 8.30. The van der Waals surface area contributed by atoms with E-state index in [1.807, 2.05) is 43.3 Å². The van der Waals surface area contributed by atoms with E-state index in [9.17, 15) is 0 Å². The Balaban J connectivity index is 2.08. The van der Waals surface area contributed by atoms with Gasteiger partial charge in [0.05, 0.1) is 6.61 Å². The number of ether oxygens (including phenoxy) is 1. The maximum absolute atomic E-state index is 6.19. The lowest BCUT2D eigenvalue weighted by molar-refractivity contribution is 0.338. The van der Waals surface area contributed by atoms with Crippen LogP contribution < -0.4 is 10.5 Å². The molecule has 1 aromatic carbocycles. The summed E-state index contributed by atoms with van der Waals surface area (Å²) in [7, 11) is 0. The zero-order valence-electron chi connectivity index (χ0n) is 11.6. The lowest BCUT2D eigenvalue weighted by Crippen LogP contribution is -2.05. The van der Waals surface area contributed by atoms with E-state index in [2.05, 4.69) is 15.3 Å². The normalized spacial score (nSPS) is 10.5. The van der Waals surface area contributed by atoms with Gasteiger partial charge >= 0.3 is 0 Å². The Morgan fingerprint density at radius 2 is 2.05 bits per heavy atom. The molecule has 0 aliphatic rings. The van der Waals surface area contributed by atoms with Crippen molar-refractivity contribution >= 4 is 5.82 Å². The number of aromatic nitrogens is 4. The zero-order chi connectivity index (χ0) is 14.7. The van der Waals surface area contributed by atoms with Gasteiger partial charge in [0.15, 0.2) is 5.82 Å². The van der Waals surface area contributed by atoms with Crippen LogP contribution in [0, 0.1) is 0 Å². The highest BCUT2D eigenvalue weighted by Crippen LogP contribution is 2.28. The molecule has 6 nitrogen and oxygen atoms in total. The minimum atomic E-state index is 0.454. The number of nitrogens with zero attached hydrogens (tertiary/aromatic N) is 4. The van der Waals surface area contributed by atoms with Crippen LogP contribution in [0.4, 0.5) is 5.82 Å². The Hall–Kier alpha value is -2.89. The van der Waals surface area contributed by atoms with Crippen molar-refractivity contribution < 1.29 is 4.74 Å². The van der Waals surface area contributed by atoms with E-state index in [0.717, 1.165) is 11.3 Å². The molecule has 0 aliphatic carbocycles. The van der Waals surface area contributed by atoms with Crippen LogP contribution in [0.3, 0.4) is 0 Å². The summed E-state index contributed by atoms with van der Waals surface area (Å²) < 4.78 is 7.18. The minimum Gasteiger partial charge on any atom is -0.492 e. The van der Waals surface area contributed by atoms with E-state index in [-0.39, 0.29) is 0 Å². The number of rotatable bonds is 4. The number of para-hydroxylation sites is 2. The Kier molecular flexibility index (Phi) is 3.51. The van der Waals surface area contributed by atoms with Crippen molar-refractivity contribution in [2.75, 3.05) is 12.3 Å². The largest absolute Gasteiger partial charge is 0.492 e. The SMILES string of the molecule is CCOc1ccccc1-n1nnc(-c2cccnc2)c1N. The van der Waals surface area contributed by atoms with Gasteiger partial charge in [-0.2, -0.15) is 4.68 Å². The summed E-state index contributed by atoms with van der Waals surface area (Å²) >= 11 is 0. The van der Waals surface area contributed by atoms with Crippen LogP contribution in [0.2, 0.25) is 0 Å². The lowest BCUT2D eigenvalue weighted by Gasteiger charge is -2.10. The summed E-state index contributed by atoms with van der Waals surface area (Å²) in [5.41, 5.74) is 8.39. The zero-order valence-corrected chi connectivity index (χ0v) is 11.6. The van der Waals surface area contributed by atoms with Crippen molar-refractivity contribution in [3.05, 3.63) is 48.8 Å². The van der Waals surface area contributed by atoms with Crippen LogP contribution in [-0.4, -0.2) is 26.6 Å². The third kappa shape index (κ3) is 2.43. The predicted molar refractivity (Wildman–Crippen MR) is 80.2 cm³/mol. The van der Waals surface area contributed by atoms with Gasteiger partial charge in [0.1, 0.15) is 17.1 Å². The van der Waals surface area contributed by atoms with E-state index < -0.39 is 0 Å². The van der Waals surface area contributed by atoms with Crippen LogP contribution >= 0.6 is 0 Å². The highest BCUT2D eigenvalue weighted by molar-refractivity contribution is 5.70. The number of nitrogen functional groups attached to an aromatic ring is 1. The fourth-order valence-electron chi connectivity index (χ4n) is 2.09. The second-order valence-corrected chi connectivity index (χ2v) is 4.38. The number of pyridine rings is 1. The summed E-state index contributed by atoms with van der Waals surface area (Å²) in [6, 6.07) is 11.3. The molecule has 0 aliphatic heterocycles. The number of anilines is 1. The standard InChI is InChI=1S/C15H15N5O/c1-2-21-13-8-4-3-7-12(13)20-15(16)14(18-19-20)11-6-5-9-17-10-11/h3-10H,2,16H2,1H3. The number of benzene rings is 1. The third-order valence-corrected chi connectivity index (χ3v) is 3.03. The Morgan fingerprint density at radius 3 is 2.81 bits per heavy atom. The van der Waals surface area contributed by atoms with Gasteiger partial charge in [0.2, 0.25) is 0 Å². The number of nitrogens with two attached hydrogens (primary N) is 1. The highest BCUT2D eigenvalue weighted by Gasteiger charge is 2.15. The molecular weight excluding hydrogens is 266 g/mol. The van der Waals surface area contributed by atoms with Crippen molar-refractivity contribution in [3.8, 4) is 22.7 Å². The summed E-state index contributed by atoms with van der Waals surface area (Å²) in [4.78, 5) is 4.07. The molecule has 0 fully saturated rings. The van der Waals surface area contributed by atoms with Gasteiger partial charge in [-0.3, -0.25) is 4.98 Å².